The zero-order chi connectivity index (χ0) is 18.5. The Balaban J connectivity index is 1.82. The number of likely N-dealkylation sites (N-methyl/N-ethyl adjacent to an activating group) is 1. The third-order valence-corrected chi connectivity index (χ3v) is 4.34. The van der Waals surface area contributed by atoms with Gasteiger partial charge in [-0.05, 0) is 43.7 Å². The molecular formula is C21H23N3O2. The fourth-order valence-corrected chi connectivity index (χ4v) is 3.17. The van der Waals surface area contributed by atoms with E-state index in [1.54, 1.807) is 6.08 Å². The number of carbonyl (C=O) groups excluding carboxylic acids is 2. The molecule has 0 saturated heterocycles. The summed E-state index contributed by atoms with van der Waals surface area (Å²) in [5, 5.41) is 7.60. The lowest BCUT2D eigenvalue weighted by Crippen LogP contribution is -2.35. The van der Waals surface area contributed by atoms with Gasteiger partial charge < -0.3 is 15.2 Å². The van der Waals surface area contributed by atoms with Crippen molar-refractivity contribution < 1.29 is 9.59 Å². The zero-order valence-corrected chi connectivity index (χ0v) is 15.1. The van der Waals surface area contributed by atoms with Gasteiger partial charge in [0.05, 0.1) is 6.54 Å². The van der Waals surface area contributed by atoms with Crippen molar-refractivity contribution >= 4 is 39.7 Å². The molecule has 0 bridgehead atoms. The second-order valence-corrected chi connectivity index (χ2v) is 6.04. The molecule has 5 heteroatoms. The van der Waals surface area contributed by atoms with Crippen molar-refractivity contribution in [1.29, 1.82) is 0 Å². The fraction of sp³-hybridized carbons (Fsp3) is 0.238. The van der Waals surface area contributed by atoms with Crippen LogP contribution in [-0.2, 0) is 16.1 Å². The molecule has 0 fully saturated rings. The number of aromatic nitrogens is 1. The summed E-state index contributed by atoms with van der Waals surface area (Å²) in [6, 6.07) is 14.5. The third kappa shape index (κ3) is 3.61. The standard InChI is InChI=1S/C21H23N3O2/c1-3-22-21(26)14-23-20(25)12-10-15-9-11-19-17(13-15)16-7-5-6-8-18(16)24(19)4-2/h5-13H,3-4,14H2,1-2H3,(H,22,26)(H,23,25)/b12-10+. The molecule has 1 heterocycles. The van der Waals surface area contributed by atoms with Crippen LogP contribution in [0, 0.1) is 0 Å². The molecule has 0 aliphatic carbocycles. The molecule has 2 amide bonds. The van der Waals surface area contributed by atoms with Gasteiger partial charge in [-0.15, -0.1) is 0 Å². The van der Waals surface area contributed by atoms with Crippen LogP contribution in [-0.4, -0.2) is 29.5 Å². The minimum absolute atomic E-state index is 0.0139. The molecule has 0 aliphatic rings. The third-order valence-electron chi connectivity index (χ3n) is 4.34. The average molecular weight is 349 g/mol. The molecule has 0 radical (unpaired) electrons. The molecule has 0 spiro atoms. The van der Waals surface area contributed by atoms with Crippen LogP contribution < -0.4 is 10.6 Å². The van der Waals surface area contributed by atoms with E-state index in [4.69, 9.17) is 0 Å². The highest BCUT2D eigenvalue weighted by molar-refractivity contribution is 6.08. The summed E-state index contributed by atoms with van der Waals surface area (Å²) < 4.78 is 2.29. The zero-order valence-electron chi connectivity index (χ0n) is 15.1. The van der Waals surface area contributed by atoms with E-state index in [1.807, 2.05) is 25.1 Å². The van der Waals surface area contributed by atoms with Gasteiger partial charge in [0.1, 0.15) is 0 Å². The quantitative estimate of drug-likeness (QED) is 0.672. The van der Waals surface area contributed by atoms with E-state index in [0.29, 0.717) is 6.54 Å². The van der Waals surface area contributed by atoms with Gasteiger partial charge in [0.15, 0.2) is 0 Å². The number of hydrogen-bond donors (Lipinski definition) is 2. The van der Waals surface area contributed by atoms with Crippen LogP contribution >= 0.6 is 0 Å². The van der Waals surface area contributed by atoms with Gasteiger partial charge in [-0.2, -0.15) is 0 Å². The van der Waals surface area contributed by atoms with E-state index in [2.05, 4.69) is 46.4 Å². The number of rotatable bonds is 6. The van der Waals surface area contributed by atoms with Crippen molar-refractivity contribution in [2.24, 2.45) is 0 Å². The summed E-state index contributed by atoms with van der Waals surface area (Å²) in [4.78, 5) is 23.2. The predicted molar refractivity (Wildman–Crippen MR) is 106 cm³/mol. The summed E-state index contributed by atoms with van der Waals surface area (Å²) in [7, 11) is 0. The van der Waals surface area contributed by atoms with Crippen LogP contribution in [0.3, 0.4) is 0 Å². The van der Waals surface area contributed by atoms with E-state index >= 15 is 0 Å². The summed E-state index contributed by atoms with van der Waals surface area (Å²) in [6.45, 7) is 5.42. The van der Waals surface area contributed by atoms with Gasteiger partial charge in [0.2, 0.25) is 11.8 Å². The lowest BCUT2D eigenvalue weighted by molar-refractivity contribution is -0.123. The van der Waals surface area contributed by atoms with Crippen LogP contribution in [0.25, 0.3) is 27.9 Å². The minimum atomic E-state index is -0.285. The SMILES string of the molecule is CCNC(=O)CNC(=O)/C=C/c1ccc2c(c1)c1ccccc1n2CC. The number of fused-ring (bicyclic) bond motifs is 3. The Hall–Kier alpha value is -3.08. The normalized spacial score (nSPS) is 11.3. The van der Waals surface area contributed by atoms with E-state index in [0.717, 1.165) is 12.1 Å². The Morgan fingerprint density at radius 1 is 1.00 bits per heavy atom. The van der Waals surface area contributed by atoms with Gasteiger partial charge in [0, 0.05) is 41.0 Å². The second kappa shape index (κ2) is 7.87. The van der Waals surface area contributed by atoms with Gasteiger partial charge in [-0.3, -0.25) is 9.59 Å². The lowest BCUT2D eigenvalue weighted by Gasteiger charge is -2.03. The monoisotopic (exact) mass is 349 g/mol. The Morgan fingerprint density at radius 2 is 1.77 bits per heavy atom. The van der Waals surface area contributed by atoms with Crippen LogP contribution in [0.15, 0.2) is 48.5 Å². The van der Waals surface area contributed by atoms with E-state index in [9.17, 15) is 9.59 Å². The number of hydrogen-bond acceptors (Lipinski definition) is 2. The van der Waals surface area contributed by atoms with E-state index < -0.39 is 0 Å². The average Bonchev–Trinajstić information content (AvgIpc) is 2.98. The lowest BCUT2D eigenvalue weighted by atomic mass is 10.1. The summed E-state index contributed by atoms with van der Waals surface area (Å²) in [6.07, 6.45) is 3.23. The van der Waals surface area contributed by atoms with Gasteiger partial charge >= 0.3 is 0 Å². The van der Waals surface area contributed by atoms with Crippen molar-refractivity contribution in [1.82, 2.24) is 15.2 Å². The number of carbonyl (C=O) groups is 2. The highest BCUT2D eigenvalue weighted by Gasteiger charge is 2.09. The Labute approximate surface area is 152 Å². The Kier molecular flexibility index (Phi) is 5.37. The molecule has 0 atom stereocenters. The fourth-order valence-electron chi connectivity index (χ4n) is 3.17. The number of aryl methyl sites for hydroxylation is 1. The first-order valence-corrected chi connectivity index (χ1v) is 8.87. The molecule has 0 aliphatic heterocycles. The van der Waals surface area contributed by atoms with Gasteiger partial charge in [-0.25, -0.2) is 0 Å². The Morgan fingerprint density at radius 3 is 2.54 bits per heavy atom. The smallest absolute Gasteiger partial charge is 0.244 e. The molecule has 0 unspecified atom stereocenters. The molecule has 2 N–H and O–H groups in total. The summed E-state index contributed by atoms with van der Waals surface area (Å²) in [5.41, 5.74) is 3.35. The molecule has 3 rings (SSSR count). The molecule has 1 aromatic heterocycles. The number of benzene rings is 2. The Bertz CT molecular complexity index is 985. The maximum absolute atomic E-state index is 11.9. The molecule has 26 heavy (non-hydrogen) atoms. The van der Waals surface area contributed by atoms with Crippen molar-refractivity contribution in [2.75, 3.05) is 13.1 Å². The topological polar surface area (TPSA) is 63.1 Å². The highest BCUT2D eigenvalue weighted by Crippen LogP contribution is 2.29. The van der Waals surface area contributed by atoms with Crippen molar-refractivity contribution in [3.05, 3.63) is 54.1 Å². The summed E-state index contributed by atoms with van der Waals surface area (Å²) >= 11 is 0. The van der Waals surface area contributed by atoms with Crippen LogP contribution in [0.1, 0.15) is 19.4 Å². The largest absolute Gasteiger partial charge is 0.355 e. The number of nitrogens with one attached hydrogen (secondary N) is 2. The van der Waals surface area contributed by atoms with Crippen LogP contribution in [0.5, 0.6) is 0 Å². The first-order chi connectivity index (χ1) is 12.6. The van der Waals surface area contributed by atoms with Crippen molar-refractivity contribution in [2.45, 2.75) is 20.4 Å². The van der Waals surface area contributed by atoms with Crippen molar-refractivity contribution in [3.63, 3.8) is 0 Å². The van der Waals surface area contributed by atoms with Gasteiger partial charge in [-0.1, -0.05) is 24.3 Å². The second-order valence-electron chi connectivity index (χ2n) is 6.04. The number of amides is 2. The van der Waals surface area contributed by atoms with Crippen LogP contribution in [0.2, 0.25) is 0 Å². The van der Waals surface area contributed by atoms with Crippen molar-refractivity contribution in [3.8, 4) is 0 Å². The minimum Gasteiger partial charge on any atom is -0.355 e. The van der Waals surface area contributed by atoms with Crippen LogP contribution in [0.4, 0.5) is 0 Å². The van der Waals surface area contributed by atoms with E-state index in [-0.39, 0.29) is 18.4 Å². The maximum atomic E-state index is 11.9. The number of para-hydroxylation sites is 1. The summed E-state index contributed by atoms with van der Waals surface area (Å²) in [5.74, 6) is -0.476. The van der Waals surface area contributed by atoms with E-state index in [1.165, 1.54) is 27.9 Å². The van der Waals surface area contributed by atoms with Gasteiger partial charge in [0.25, 0.3) is 0 Å². The molecule has 0 saturated carbocycles. The molecule has 3 aromatic rings. The molecule has 134 valence electrons. The maximum Gasteiger partial charge on any atom is 0.244 e. The number of nitrogens with zero attached hydrogens (tertiary/aromatic N) is 1. The molecule has 5 nitrogen and oxygen atoms in total. The molecular weight excluding hydrogens is 326 g/mol. The highest BCUT2D eigenvalue weighted by atomic mass is 16.2. The predicted octanol–water partition coefficient (Wildman–Crippen LogP) is 3.08. The molecule has 2 aromatic carbocycles. The first kappa shape index (κ1) is 17.7. The first-order valence-electron chi connectivity index (χ1n) is 8.87.